The fourth-order valence-electron chi connectivity index (χ4n) is 1.83. The van der Waals surface area contributed by atoms with E-state index in [0.29, 0.717) is 6.54 Å². The summed E-state index contributed by atoms with van der Waals surface area (Å²) in [7, 11) is 0. The number of nitrogens with one attached hydrogen (secondary N) is 1. The molecule has 0 unspecified atom stereocenters. The summed E-state index contributed by atoms with van der Waals surface area (Å²) in [4.78, 5) is 10.8. The van der Waals surface area contributed by atoms with Gasteiger partial charge in [-0.25, -0.2) is 0 Å². The molecule has 0 spiro atoms. The first kappa shape index (κ1) is 12.5. The average Bonchev–Trinajstić information content (AvgIpc) is 2.40. The molecule has 0 atom stereocenters. The maximum Gasteiger partial charge on any atom is 0.143 e. The average molecular weight is 239 g/mol. The molecule has 0 bridgehead atoms. The fourth-order valence-corrected chi connectivity index (χ4v) is 1.83. The van der Waals surface area contributed by atoms with E-state index in [4.69, 9.17) is 0 Å². The molecule has 2 rings (SSSR count). The first-order chi connectivity index (χ1) is 8.75. The molecule has 0 aliphatic rings. The molecule has 2 aromatic rings. The van der Waals surface area contributed by atoms with Crippen molar-refractivity contribution in [3.05, 3.63) is 60.2 Å². The third-order valence-electron chi connectivity index (χ3n) is 2.76. The highest BCUT2D eigenvalue weighted by Crippen LogP contribution is 2.18. The molecular formula is C16H17NO. The van der Waals surface area contributed by atoms with E-state index in [9.17, 15) is 4.79 Å². The number of carbonyl (C=O) groups excluding carboxylic acids is 1. The van der Waals surface area contributed by atoms with Crippen LogP contribution in [0.15, 0.2) is 54.6 Å². The minimum atomic E-state index is 0.163. The molecule has 2 heteroatoms. The van der Waals surface area contributed by atoms with Gasteiger partial charge >= 0.3 is 0 Å². The van der Waals surface area contributed by atoms with Gasteiger partial charge in [0.05, 0.1) is 6.54 Å². The van der Waals surface area contributed by atoms with Gasteiger partial charge in [0.15, 0.2) is 0 Å². The Bertz CT molecular complexity index is 502. The van der Waals surface area contributed by atoms with E-state index in [2.05, 4.69) is 41.7 Å². The van der Waals surface area contributed by atoms with Crippen LogP contribution < -0.4 is 5.32 Å². The molecule has 0 amide bonds. The fraction of sp³-hybridized carbons (Fsp3) is 0.188. The van der Waals surface area contributed by atoms with Crippen LogP contribution >= 0.6 is 0 Å². The standard InChI is InChI=1S/C16H17NO/c1-13(18)11-17-12-14-7-9-16(10-8-14)15-5-3-2-4-6-15/h2-10,17H,11-12H2,1H3. The Morgan fingerprint density at radius 1 is 0.944 bits per heavy atom. The molecule has 0 radical (unpaired) electrons. The molecule has 0 saturated heterocycles. The Morgan fingerprint density at radius 2 is 1.56 bits per heavy atom. The van der Waals surface area contributed by atoms with E-state index >= 15 is 0 Å². The maximum atomic E-state index is 10.8. The SMILES string of the molecule is CC(=O)CNCc1ccc(-c2ccccc2)cc1. The van der Waals surface area contributed by atoms with Crippen molar-refractivity contribution in [1.29, 1.82) is 0 Å². The number of benzene rings is 2. The zero-order valence-electron chi connectivity index (χ0n) is 10.5. The molecule has 1 N–H and O–H groups in total. The van der Waals surface area contributed by atoms with E-state index in [1.165, 1.54) is 16.7 Å². The molecule has 0 saturated carbocycles. The van der Waals surface area contributed by atoms with Crippen molar-refractivity contribution in [3.8, 4) is 11.1 Å². The topological polar surface area (TPSA) is 29.1 Å². The van der Waals surface area contributed by atoms with Crippen molar-refractivity contribution >= 4 is 5.78 Å². The summed E-state index contributed by atoms with van der Waals surface area (Å²) in [6, 6.07) is 18.7. The van der Waals surface area contributed by atoms with Crippen LogP contribution in [0.1, 0.15) is 12.5 Å². The van der Waals surface area contributed by atoms with Gasteiger partial charge in [-0.05, 0) is 23.6 Å². The van der Waals surface area contributed by atoms with Crippen LogP contribution in [-0.2, 0) is 11.3 Å². The van der Waals surface area contributed by atoms with Crippen LogP contribution in [0.2, 0.25) is 0 Å². The number of hydrogen-bond acceptors (Lipinski definition) is 2. The summed E-state index contributed by atoms with van der Waals surface area (Å²) in [5, 5.41) is 3.11. The van der Waals surface area contributed by atoms with Crippen molar-refractivity contribution in [3.63, 3.8) is 0 Å². The van der Waals surface area contributed by atoms with Crippen LogP contribution in [0, 0.1) is 0 Å². The summed E-state index contributed by atoms with van der Waals surface area (Å²) in [6.07, 6.45) is 0. The number of carbonyl (C=O) groups is 1. The van der Waals surface area contributed by atoms with Gasteiger partial charge in [0.2, 0.25) is 0 Å². The number of hydrogen-bond donors (Lipinski definition) is 1. The van der Waals surface area contributed by atoms with Gasteiger partial charge in [-0.3, -0.25) is 4.79 Å². The van der Waals surface area contributed by atoms with Crippen LogP contribution in [0.5, 0.6) is 0 Å². The summed E-state index contributed by atoms with van der Waals surface area (Å²) >= 11 is 0. The largest absolute Gasteiger partial charge is 0.306 e. The molecule has 0 fully saturated rings. The molecule has 18 heavy (non-hydrogen) atoms. The van der Waals surface area contributed by atoms with E-state index in [1.54, 1.807) is 6.92 Å². The normalized spacial score (nSPS) is 10.3. The van der Waals surface area contributed by atoms with Crippen LogP contribution in [0.4, 0.5) is 0 Å². The monoisotopic (exact) mass is 239 g/mol. The summed E-state index contributed by atoms with van der Waals surface area (Å²) < 4.78 is 0. The molecule has 0 aromatic heterocycles. The predicted molar refractivity (Wildman–Crippen MR) is 74.3 cm³/mol. The highest BCUT2D eigenvalue weighted by Gasteiger charge is 1.98. The lowest BCUT2D eigenvalue weighted by molar-refractivity contribution is -0.116. The minimum absolute atomic E-state index is 0.163. The van der Waals surface area contributed by atoms with Crippen molar-refractivity contribution in [2.75, 3.05) is 6.54 Å². The predicted octanol–water partition coefficient (Wildman–Crippen LogP) is 3.03. The Hall–Kier alpha value is -1.93. The second kappa shape index (κ2) is 6.12. The van der Waals surface area contributed by atoms with Gasteiger partial charge in [0.25, 0.3) is 0 Å². The Labute approximate surface area is 108 Å². The van der Waals surface area contributed by atoms with Crippen molar-refractivity contribution in [2.24, 2.45) is 0 Å². The maximum absolute atomic E-state index is 10.8. The van der Waals surface area contributed by atoms with Gasteiger partial charge in [0.1, 0.15) is 5.78 Å². The number of Topliss-reactive ketones (excluding diaryl/α,β-unsaturated/α-hetero) is 1. The molecule has 2 aromatic carbocycles. The van der Waals surface area contributed by atoms with E-state index in [-0.39, 0.29) is 5.78 Å². The molecule has 0 heterocycles. The summed E-state index contributed by atoms with van der Waals surface area (Å²) in [5.74, 6) is 0.163. The van der Waals surface area contributed by atoms with Crippen LogP contribution in [0.3, 0.4) is 0 Å². The highest BCUT2D eigenvalue weighted by atomic mass is 16.1. The van der Waals surface area contributed by atoms with Gasteiger partial charge in [-0.1, -0.05) is 54.6 Å². The summed E-state index contributed by atoms with van der Waals surface area (Å²) in [6.45, 7) is 2.75. The van der Waals surface area contributed by atoms with Crippen molar-refractivity contribution < 1.29 is 4.79 Å². The van der Waals surface area contributed by atoms with Crippen molar-refractivity contribution in [1.82, 2.24) is 5.32 Å². The molecule has 92 valence electrons. The third-order valence-corrected chi connectivity index (χ3v) is 2.76. The van der Waals surface area contributed by atoms with E-state index in [1.807, 2.05) is 18.2 Å². The smallest absolute Gasteiger partial charge is 0.143 e. The van der Waals surface area contributed by atoms with Gasteiger partial charge in [-0.15, -0.1) is 0 Å². The molecule has 0 aliphatic heterocycles. The molecular weight excluding hydrogens is 222 g/mol. The van der Waals surface area contributed by atoms with Crippen LogP contribution in [0.25, 0.3) is 11.1 Å². The van der Waals surface area contributed by atoms with E-state index in [0.717, 1.165) is 6.54 Å². The molecule has 2 nitrogen and oxygen atoms in total. The Morgan fingerprint density at radius 3 is 2.17 bits per heavy atom. The second-order valence-electron chi connectivity index (χ2n) is 4.37. The Kier molecular flexibility index (Phi) is 4.26. The number of rotatable bonds is 5. The third kappa shape index (κ3) is 3.54. The highest BCUT2D eigenvalue weighted by molar-refractivity contribution is 5.77. The van der Waals surface area contributed by atoms with Gasteiger partial charge in [0, 0.05) is 6.54 Å². The lowest BCUT2D eigenvalue weighted by Crippen LogP contribution is -2.20. The Balaban J connectivity index is 2.00. The van der Waals surface area contributed by atoms with Gasteiger partial charge < -0.3 is 5.32 Å². The zero-order chi connectivity index (χ0) is 12.8. The minimum Gasteiger partial charge on any atom is -0.306 e. The lowest BCUT2D eigenvalue weighted by Gasteiger charge is -2.05. The van der Waals surface area contributed by atoms with Crippen molar-refractivity contribution in [2.45, 2.75) is 13.5 Å². The molecule has 0 aliphatic carbocycles. The van der Waals surface area contributed by atoms with E-state index < -0.39 is 0 Å². The number of ketones is 1. The first-order valence-corrected chi connectivity index (χ1v) is 6.10. The first-order valence-electron chi connectivity index (χ1n) is 6.10. The zero-order valence-corrected chi connectivity index (χ0v) is 10.5. The second-order valence-corrected chi connectivity index (χ2v) is 4.37. The lowest BCUT2D eigenvalue weighted by atomic mass is 10.0. The van der Waals surface area contributed by atoms with Gasteiger partial charge in [-0.2, -0.15) is 0 Å². The quantitative estimate of drug-likeness (QED) is 0.869. The van der Waals surface area contributed by atoms with Crippen LogP contribution in [-0.4, -0.2) is 12.3 Å². The summed E-state index contributed by atoms with van der Waals surface area (Å²) in [5.41, 5.74) is 3.63.